The number of aromatic nitrogens is 1. The van der Waals surface area contributed by atoms with E-state index in [9.17, 15) is 4.79 Å². The molecule has 134 valence electrons. The van der Waals surface area contributed by atoms with Crippen LogP contribution < -0.4 is 10.1 Å². The Bertz CT molecular complexity index is 700. The molecule has 0 bridgehead atoms. The fourth-order valence-corrected chi connectivity index (χ4v) is 3.00. The quantitative estimate of drug-likeness (QED) is 0.780. The second kappa shape index (κ2) is 8.16. The highest BCUT2D eigenvalue weighted by atomic mass is 16.5. The molecule has 0 saturated carbocycles. The molecule has 6 nitrogen and oxygen atoms in total. The number of nitrogens with zero attached hydrogens (tertiary/aromatic N) is 1. The lowest BCUT2D eigenvalue weighted by Gasteiger charge is -2.12. The van der Waals surface area contributed by atoms with Crippen molar-refractivity contribution in [2.75, 3.05) is 19.8 Å². The normalized spacial score (nSPS) is 16.8. The van der Waals surface area contributed by atoms with Crippen molar-refractivity contribution in [3.63, 3.8) is 0 Å². The Morgan fingerprint density at radius 1 is 1.36 bits per heavy atom. The van der Waals surface area contributed by atoms with Crippen molar-refractivity contribution in [2.24, 2.45) is 0 Å². The topological polar surface area (TPSA) is 73.6 Å². The molecule has 1 aliphatic rings. The molecule has 1 aromatic heterocycles. The fourth-order valence-electron chi connectivity index (χ4n) is 3.00. The molecule has 0 spiro atoms. The number of hydrogen-bond donors (Lipinski definition) is 1. The lowest BCUT2D eigenvalue weighted by molar-refractivity contribution is 0.0860. The standard InChI is InChI=1S/C19H24N2O4/c1-13-6-3-7-14(2)17(13)24-11-5-9-20-19(22)16-18(25-12-21-16)15-8-4-10-23-15/h3,6-7,12,15H,4-5,8-11H2,1-2H3,(H,20,22)/t15-/m1/s1. The Morgan fingerprint density at radius 3 is 2.88 bits per heavy atom. The van der Waals surface area contributed by atoms with Gasteiger partial charge in [-0.25, -0.2) is 4.98 Å². The molecule has 1 saturated heterocycles. The van der Waals surface area contributed by atoms with Crippen molar-refractivity contribution in [3.8, 4) is 5.75 Å². The Labute approximate surface area is 147 Å². The van der Waals surface area contributed by atoms with Gasteiger partial charge >= 0.3 is 0 Å². The van der Waals surface area contributed by atoms with E-state index in [1.54, 1.807) is 0 Å². The molecule has 0 aliphatic carbocycles. The van der Waals surface area contributed by atoms with Crippen molar-refractivity contribution < 1.29 is 18.7 Å². The van der Waals surface area contributed by atoms with Gasteiger partial charge in [-0.2, -0.15) is 0 Å². The smallest absolute Gasteiger partial charge is 0.273 e. The van der Waals surface area contributed by atoms with Crippen LogP contribution in [-0.2, 0) is 4.74 Å². The van der Waals surface area contributed by atoms with Gasteiger partial charge in [0.2, 0.25) is 0 Å². The molecular weight excluding hydrogens is 320 g/mol. The van der Waals surface area contributed by atoms with Gasteiger partial charge in [-0.3, -0.25) is 4.79 Å². The molecule has 0 radical (unpaired) electrons. The van der Waals surface area contributed by atoms with E-state index in [2.05, 4.69) is 10.3 Å². The first-order valence-electron chi connectivity index (χ1n) is 8.69. The number of benzene rings is 1. The van der Waals surface area contributed by atoms with Crippen LogP contribution in [0, 0.1) is 13.8 Å². The first-order chi connectivity index (χ1) is 12.2. The number of rotatable bonds is 7. The summed E-state index contributed by atoms with van der Waals surface area (Å²) in [5.41, 5.74) is 2.56. The van der Waals surface area contributed by atoms with Crippen LogP contribution in [0.1, 0.15) is 52.7 Å². The van der Waals surface area contributed by atoms with Crippen LogP contribution in [0.3, 0.4) is 0 Å². The Hall–Kier alpha value is -2.34. The number of para-hydroxylation sites is 1. The summed E-state index contributed by atoms with van der Waals surface area (Å²) in [4.78, 5) is 16.3. The number of amides is 1. The van der Waals surface area contributed by atoms with E-state index in [1.807, 2.05) is 32.0 Å². The zero-order chi connectivity index (χ0) is 17.6. The first kappa shape index (κ1) is 17.5. The van der Waals surface area contributed by atoms with Crippen LogP contribution in [-0.4, -0.2) is 30.6 Å². The van der Waals surface area contributed by atoms with Gasteiger partial charge in [0.25, 0.3) is 5.91 Å². The van der Waals surface area contributed by atoms with Crippen LogP contribution >= 0.6 is 0 Å². The van der Waals surface area contributed by atoms with Crippen molar-refractivity contribution in [3.05, 3.63) is 47.2 Å². The molecule has 1 fully saturated rings. The largest absolute Gasteiger partial charge is 0.493 e. The van der Waals surface area contributed by atoms with Crippen LogP contribution in [0.4, 0.5) is 0 Å². The van der Waals surface area contributed by atoms with Crippen LogP contribution in [0.2, 0.25) is 0 Å². The molecule has 1 aliphatic heterocycles. The molecule has 1 atom stereocenters. The molecule has 0 unspecified atom stereocenters. The minimum Gasteiger partial charge on any atom is -0.493 e. The SMILES string of the molecule is Cc1cccc(C)c1OCCCNC(=O)c1ncoc1[C@H]1CCCO1. The zero-order valence-electron chi connectivity index (χ0n) is 14.7. The van der Waals surface area contributed by atoms with E-state index in [4.69, 9.17) is 13.9 Å². The van der Waals surface area contributed by atoms with Crippen molar-refractivity contribution in [1.82, 2.24) is 10.3 Å². The maximum absolute atomic E-state index is 12.3. The third-order valence-corrected chi connectivity index (χ3v) is 4.29. The van der Waals surface area contributed by atoms with Gasteiger partial charge in [-0.1, -0.05) is 18.2 Å². The van der Waals surface area contributed by atoms with E-state index in [0.29, 0.717) is 37.6 Å². The molecule has 2 heterocycles. The number of aryl methyl sites for hydroxylation is 2. The molecule has 1 amide bonds. The van der Waals surface area contributed by atoms with Gasteiger partial charge in [0, 0.05) is 13.2 Å². The highest BCUT2D eigenvalue weighted by Crippen LogP contribution is 2.30. The second-order valence-corrected chi connectivity index (χ2v) is 6.25. The summed E-state index contributed by atoms with van der Waals surface area (Å²) < 4.78 is 16.8. The number of nitrogens with one attached hydrogen (secondary N) is 1. The third-order valence-electron chi connectivity index (χ3n) is 4.29. The van der Waals surface area contributed by atoms with E-state index < -0.39 is 0 Å². The Kier molecular flexibility index (Phi) is 5.71. The number of carbonyl (C=O) groups excluding carboxylic acids is 1. The Balaban J connectivity index is 1.45. The molecule has 25 heavy (non-hydrogen) atoms. The lowest BCUT2D eigenvalue weighted by atomic mass is 10.1. The summed E-state index contributed by atoms with van der Waals surface area (Å²) >= 11 is 0. The van der Waals surface area contributed by atoms with Crippen LogP contribution in [0.25, 0.3) is 0 Å². The number of carbonyl (C=O) groups is 1. The molecule has 2 aromatic rings. The maximum Gasteiger partial charge on any atom is 0.273 e. The number of oxazole rings is 1. The van der Waals surface area contributed by atoms with Crippen LogP contribution in [0.15, 0.2) is 29.0 Å². The minimum absolute atomic E-state index is 0.157. The van der Waals surface area contributed by atoms with Crippen molar-refractivity contribution in [2.45, 2.75) is 39.2 Å². The van der Waals surface area contributed by atoms with Gasteiger partial charge in [-0.05, 0) is 44.2 Å². The van der Waals surface area contributed by atoms with Crippen molar-refractivity contribution in [1.29, 1.82) is 0 Å². The summed E-state index contributed by atoms with van der Waals surface area (Å²) in [6, 6.07) is 6.07. The van der Waals surface area contributed by atoms with E-state index >= 15 is 0 Å². The zero-order valence-corrected chi connectivity index (χ0v) is 14.7. The molecule has 3 rings (SSSR count). The van der Waals surface area contributed by atoms with Crippen molar-refractivity contribution >= 4 is 5.91 Å². The highest BCUT2D eigenvalue weighted by molar-refractivity contribution is 5.93. The summed E-state index contributed by atoms with van der Waals surface area (Å²) in [5.74, 6) is 1.22. The van der Waals surface area contributed by atoms with Gasteiger partial charge in [-0.15, -0.1) is 0 Å². The first-order valence-corrected chi connectivity index (χ1v) is 8.69. The van der Waals surface area contributed by atoms with Gasteiger partial charge in [0.05, 0.1) is 6.61 Å². The lowest BCUT2D eigenvalue weighted by Crippen LogP contribution is -2.27. The third kappa shape index (κ3) is 4.20. The highest BCUT2D eigenvalue weighted by Gasteiger charge is 2.27. The Morgan fingerprint density at radius 2 is 2.16 bits per heavy atom. The van der Waals surface area contributed by atoms with Crippen LogP contribution in [0.5, 0.6) is 5.75 Å². The monoisotopic (exact) mass is 344 g/mol. The molecule has 6 heteroatoms. The molecular formula is C19H24N2O4. The fraction of sp³-hybridized carbons (Fsp3) is 0.474. The van der Waals surface area contributed by atoms with Gasteiger partial charge in [0.15, 0.2) is 17.8 Å². The summed E-state index contributed by atoms with van der Waals surface area (Å²) in [7, 11) is 0. The maximum atomic E-state index is 12.3. The predicted octanol–water partition coefficient (Wildman–Crippen LogP) is 3.34. The molecule has 1 aromatic carbocycles. The predicted molar refractivity (Wildman–Crippen MR) is 92.8 cm³/mol. The van der Waals surface area contributed by atoms with Gasteiger partial charge in [0.1, 0.15) is 11.9 Å². The minimum atomic E-state index is -0.230. The summed E-state index contributed by atoms with van der Waals surface area (Å²) in [6.45, 7) is 5.82. The molecule has 1 N–H and O–H groups in total. The summed E-state index contributed by atoms with van der Waals surface area (Å²) in [6.07, 6.45) is 3.69. The van der Waals surface area contributed by atoms with E-state index in [0.717, 1.165) is 29.7 Å². The van der Waals surface area contributed by atoms with E-state index in [-0.39, 0.29) is 12.0 Å². The number of hydrogen-bond acceptors (Lipinski definition) is 5. The van der Waals surface area contributed by atoms with Gasteiger partial charge < -0.3 is 19.2 Å². The number of ether oxygens (including phenoxy) is 2. The second-order valence-electron chi connectivity index (χ2n) is 6.25. The summed E-state index contributed by atoms with van der Waals surface area (Å²) in [5, 5.41) is 2.87. The average Bonchev–Trinajstić information content (AvgIpc) is 3.27. The average molecular weight is 344 g/mol. The van der Waals surface area contributed by atoms with E-state index in [1.165, 1.54) is 6.39 Å².